The first-order valence-electron chi connectivity index (χ1n) is 7.48. The maximum Gasteiger partial charge on any atom is 0.227 e. The standard InChI is InChI=1S/C18H16N4OS2/c1-11-15(10-19)25-17(24-3)16(11)14-7-8-20-18(22-14)21-12-5-4-6-13(9-12)23-2/h4-9H,1-3H3,(H,20,21,22). The van der Waals surface area contributed by atoms with E-state index in [0.29, 0.717) is 5.95 Å². The van der Waals surface area contributed by atoms with Gasteiger partial charge >= 0.3 is 0 Å². The smallest absolute Gasteiger partial charge is 0.227 e. The number of hydrogen-bond acceptors (Lipinski definition) is 7. The zero-order valence-electron chi connectivity index (χ0n) is 14.0. The summed E-state index contributed by atoms with van der Waals surface area (Å²) in [5, 5.41) is 12.5. The topological polar surface area (TPSA) is 70.8 Å². The molecule has 0 amide bonds. The molecule has 0 bridgehead atoms. The summed E-state index contributed by atoms with van der Waals surface area (Å²) in [6, 6.07) is 11.7. The van der Waals surface area contributed by atoms with E-state index in [0.717, 1.165) is 37.3 Å². The Bertz CT molecular complexity index is 946. The molecule has 3 rings (SSSR count). The van der Waals surface area contributed by atoms with Crippen molar-refractivity contribution in [1.29, 1.82) is 5.26 Å². The Morgan fingerprint density at radius 1 is 1.32 bits per heavy atom. The highest BCUT2D eigenvalue weighted by atomic mass is 32.2. The molecule has 1 aromatic carbocycles. The minimum Gasteiger partial charge on any atom is -0.497 e. The lowest BCUT2D eigenvalue weighted by molar-refractivity contribution is 0.415. The Kier molecular flexibility index (Phi) is 5.22. The number of hydrogen-bond donors (Lipinski definition) is 1. The molecule has 0 atom stereocenters. The van der Waals surface area contributed by atoms with Crippen molar-refractivity contribution >= 4 is 34.7 Å². The highest BCUT2D eigenvalue weighted by Crippen LogP contribution is 2.40. The highest BCUT2D eigenvalue weighted by molar-refractivity contribution is 8.00. The quantitative estimate of drug-likeness (QED) is 0.649. The van der Waals surface area contributed by atoms with Crippen molar-refractivity contribution in [2.24, 2.45) is 0 Å². The van der Waals surface area contributed by atoms with Crippen molar-refractivity contribution in [1.82, 2.24) is 9.97 Å². The number of nitrogens with zero attached hydrogens (tertiary/aromatic N) is 3. The van der Waals surface area contributed by atoms with Crippen LogP contribution in [0.2, 0.25) is 0 Å². The van der Waals surface area contributed by atoms with Gasteiger partial charge < -0.3 is 10.1 Å². The highest BCUT2D eigenvalue weighted by Gasteiger charge is 2.17. The second-order valence-electron chi connectivity index (χ2n) is 5.16. The van der Waals surface area contributed by atoms with Gasteiger partial charge in [0.05, 0.1) is 17.0 Å². The molecule has 0 fully saturated rings. The lowest BCUT2D eigenvalue weighted by Gasteiger charge is -2.08. The fourth-order valence-electron chi connectivity index (χ4n) is 2.42. The predicted octanol–water partition coefficient (Wildman–Crippen LogP) is 4.86. The largest absolute Gasteiger partial charge is 0.497 e. The Hall–Kier alpha value is -2.56. The molecule has 0 aliphatic rings. The third-order valence-electron chi connectivity index (χ3n) is 3.64. The van der Waals surface area contributed by atoms with Crippen LogP contribution in [0.15, 0.2) is 40.7 Å². The van der Waals surface area contributed by atoms with Gasteiger partial charge in [-0.2, -0.15) is 5.26 Å². The molecule has 0 aliphatic carbocycles. The number of nitrogens with one attached hydrogen (secondary N) is 1. The van der Waals surface area contributed by atoms with Gasteiger partial charge in [-0.3, -0.25) is 0 Å². The van der Waals surface area contributed by atoms with Crippen molar-refractivity contribution in [3.8, 4) is 23.1 Å². The first-order valence-corrected chi connectivity index (χ1v) is 9.52. The summed E-state index contributed by atoms with van der Waals surface area (Å²) in [6.45, 7) is 1.96. The number of nitriles is 1. The Morgan fingerprint density at radius 2 is 2.16 bits per heavy atom. The fourth-order valence-corrected chi connectivity index (χ4v) is 4.31. The van der Waals surface area contributed by atoms with Gasteiger partial charge in [-0.25, -0.2) is 9.97 Å². The third-order valence-corrected chi connectivity index (χ3v) is 5.96. The maximum atomic E-state index is 9.29. The van der Waals surface area contributed by atoms with Crippen LogP contribution in [0.3, 0.4) is 0 Å². The van der Waals surface area contributed by atoms with Gasteiger partial charge in [0.15, 0.2) is 0 Å². The summed E-state index contributed by atoms with van der Waals surface area (Å²) in [5.74, 6) is 1.26. The van der Waals surface area contributed by atoms with Crippen LogP contribution in [-0.4, -0.2) is 23.3 Å². The molecular formula is C18H16N4OS2. The van der Waals surface area contributed by atoms with Crippen molar-refractivity contribution in [3.05, 3.63) is 47.0 Å². The number of anilines is 2. The number of thioether (sulfide) groups is 1. The second kappa shape index (κ2) is 7.55. The Balaban J connectivity index is 1.97. The number of thiophene rings is 1. The molecule has 1 N–H and O–H groups in total. The lowest BCUT2D eigenvalue weighted by Crippen LogP contribution is -1.98. The zero-order chi connectivity index (χ0) is 17.8. The Morgan fingerprint density at radius 3 is 2.88 bits per heavy atom. The molecule has 2 heterocycles. The molecule has 2 aromatic heterocycles. The van der Waals surface area contributed by atoms with Crippen molar-refractivity contribution < 1.29 is 4.74 Å². The summed E-state index contributed by atoms with van der Waals surface area (Å²) in [6.07, 6.45) is 3.73. The number of benzene rings is 1. The van der Waals surface area contributed by atoms with Crippen LogP contribution < -0.4 is 10.1 Å². The molecule has 0 saturated heterocycles. The van der Waals surface area contributed by atoms with Crippen molar-refractivity contribution in [2.45, 2.75) is 11.1 Å². The van der Waals surface area contributed by atoms with Crippen molar-refractivity contribution in [2.75, 3.05) is 18.7 Å². The second-order valence-corrected chi connectivity index (χ2v) is 7.25. The van der Waals surface area contributed by atoms with Crippen LogP contribution in [0.25, 0.3) is 11.3 Å². The summed E-state index contributed by atoms with van der Waals surface area (Å²) in [5.41, 5.74) is 3.62. The van der Waals surface area contributed by atoms with Gasteiger partial charge in [0.1, 0.15) is 16.7 Å². The Labute approximate surface area is 154 Å². The summed E-state index contributed by atoms with van der Waals surface area (Å²) in [4.78, 5) is 9.65. The zero-order valence-corrected chi connectivity index (χ0v) is 15.7. The summed E-state index contributed by atoms with van der Waals surface area (Å²) < 4.78 is 6.32. The third kappa shape index (κ3) is 3.60. The van der Waals surface area contributed by atoms with E-state index in [9.17, 15) is 5.26 Å². The number of aromatic nitrogens is 2. The van der Waals surface area contributed by atoms with Crippen LogP contribution in [0.5, 0.6) is 5.75 Å². The van der Waals surface area contributed by atoms with Gasteiger partial charge in [0.2, 0.25) is 5.95 Å². The van der Waals surface area contributed by atoms with Crippen LogP contribution >= 0.6 is 23.1 Å². The van der Waals surface area contributed by atoms with Crippen LogP contribution in [0.4, 0.5) is 11.6 Å². The molecule has 0 aliphatic heterocycles. The van der Waals surface area contributed by atoms with E-state index in [-0.39, 0.29) is 0 Å². The first-order chi connectivity index (χ1) is 12.2. The van der Waals surface area contributed by atoms with E-state index in [1.165, 1.54) is 11.3 Å². The van der Waals surface area contributed by atoms with Gasteiger partial charge in [-0.05, 0) is 36.9 Å². The van der Waals surface area contributed by atoms with Crippen LogP contribution in [-0.2, 0) is 0 Å². The maximum absolute atomic E-state index is 9.29. The first kappa shape index (κ1) is 17.3. The number of methoxy groups -OCH3 is 1. The molecule has 25 heavy (non-hydrogen) atoms. The van der Waals surface area contributed by atoms with Gasteiger partial charge in [-0.15, -0.1) is 23.1 Å². The van der Waals surface area contributed by atoms with Gasteiger partial charge in [-0.1, -0.05) is 6.07 Å². The van der Waals surface area contributed by atoms with E-state index in [1.807, 2.05) is 43.5 Å². The van der Waals surface area contributed by atoms with Crippen molar-refractivity contribution in [3.63, 3.8) is 0 Å². The molecule has 0 unspecified atom stereocenters. The number of rotatable bonds is 5. The monoisotopic (exact) mass is 368 g/mol. The average molecular weight is 368 g/mol. The average Bonchev–Trinajstić information content (AvgIpc) is 2.97. The minimum atomic E-state index is 0.502. The molecule has 5 nitrogen and oxygen atoms in total. The van der Waals surface area contributed by atoms with E-state index >= 15 is 0 Å². The molecule has 3 aromatic rings. The fraction of sp³-hybridized carbons (Fsp3) is 0.167. The van der Waals surface area contributed by atoms with Gasteiger partial charge in [0, 0.05) is 23.5 Å². The molecule has 7 heteroatoms. The summed E-state index contributed by atoms with van der Waals surface area (Å²) >= 11 is 3.13. The molecule has 0 spiro atoms. The minimum absolute atomic E-state index is 0.502. The SMILES string of the molecule is COc1cccc(Nc2nccc(-c3c(SC)sc(C#N)c3C)n2)c1. The van der Waals surface area contributed by atoms with Crippen LogP contribution in [0.1, 0.15) is 10.4 Å². The summed E-state index contributed by atoms with van der Waals surface area (Å²) in [7, 11) is 1.63. The van der Waals surface area contributed by atoms with E-state index in [4.69, 9.17) is 4.74 Å². The number of ether oxygens (including phenoxy) is 1. The van der Waals surface area contributed by atoms with E-state index in [1.54, 1.807) is 25.1 Å². The molecular weight excluding hydrogens is 352 g/mol. The predicted molar refractivity (Wildman–Crippen MR) is 103 cm³/mol. The molecule has 0 saturated carbocycles. The van der Waals surface area contributed by atoms with E-state index in [2.05, 4.69) is 21.4 Å². The van der Waals surface area contributed by atoms with Crippen LogP contribution in [0, 0.1) is 18.3 Å². The molecule has 126 valence electrons. The van der Waals surface area contributed by atoms with Gasteiger partial charge in [0.25, 0.3) is 0 Å². The molecule has 0 radical (unpaired) electrons. The normalized spacial score (nSPS) is 10.3. The van der Waals surface area contributed by atoms with E-state index < -0.39 is 0 Å². The lowest BCUT2D eigenvalue weighted by atomic mass is 10.1.